The Hall–Kier alpha value is -2.30. The lowest BCUT2D eigenvalue weighted by Gasteiger charge is -2.27. The SMILES string of the molecule is CCN(CC)C(=O)NC1CCCc2c1cnn2-c1ccc(C)c(C)c1. The zero-order chi connectivity index (χ0) is 18.0. The molecular formula is C20H28N4O. The highest BCUT2D eigenvalue weighted by atomic mass is 16.2. The molecule has 1 aromatic heterocycles. The number of hydrogen-bond donors (Lipinski definition) is 1. The van der Waals surface area contributed by atoms with Gasteiger partial charge in [-0.05, 0) is 70.2 Å². The number of amides is 2. The number of rotatable bonds is 4. The van der Waals surface area contributed by atoms with E-state index in [-0.39, 0.29) is 12.1 Å². The second-order valence-corrected chi connectivity index (χ2v) is 6.79. The first-order valence-electron chi connectivity index (χ1n) is 9.25. The second-order valence-electron chi connectivity index (χ2n) is 6.79. The number of aromatic nitrogens is 2. The molecule has 25 heavy (non-hydrogen) atoms. The van der Waals surface area contributed by atoms with Crippen molar-refractivity contribution >= 4 is 6.03 Å². The monoisotopic (exact) mass is 340 g/mol. The summed E-state index contributed by atoms with van der Waals surface area (Å²) >= 11 is 0. The van der Waals surface area contributed by atoms with E-state index in [1.54, 1.807) is 0 Å². The quantitative estimate of drug-likeness (QED) is 0.917. The molecule has 0 saturated heterocycles. The van der Waals surface area contributed by atoms with Crippen molar-refractivity contribution in [3.63, 3.8) is 0 Å². The molecule has 2 amide bonds. The molecule has 0 bridgehead atoms. The molecule has 0 spiro atoms. The Morgan fingerprint density at radius 1 is 1.28 bits per heavy atom. The van der Waals surface area contributed by atoms with E-state index in [2.05, 4.69) is 42.5 Å². The van der Waals surface area contributed by atoms with Gasteiger partial charge in [-0.25, -0.2) is 9.48 Å². The van der Waals surface area contributed by atoms with E-state index in [1.807, 2.05) is 29.6 Å². The van der Waals surface area contributed by atoms with Crippen molar-refractivity contribution in [2.45, 2.75) is 53.0 Å². The first-order chi connectivity index (χ1) is 12.0. The van der Waals surface area contributed by atoms with Crippen molar-refractivity contribution in [3.05, 3.63) is 46.8 Å². The van der Waals surface area contributed by atoms with E-state index in [9.17, 15) is 4.79 Å². The van der Waals surface area contributed by atoms with Crippen LogP contribution in [0.5, 0.6) is 0 Å². The first-order valence-corrected chi connectivity index (χ1v) is 9.25. The zero-order valence-electron chi connectivity index (χ0n) is 15.7. The number of carbonyl (C=O) groups is 1. The molecule has 0 radical (unpaired) electrons. The largest absolute Gasteiger partial charge is 0.331 e. The highest BCUT2D eigenvalue weighted by molar-refractivity contribution is 5.74. The van der Waals surface area contributed by atoms with Crippen LogP contribution in [0.25, 0.3) is 5.69 Å². The molecule has 1 unspecified atom stereocenters. The molecular weight excluding hydrogens is 312 g/mol. The number of aryl methyl sites for hydroxylation is 2. The average molecular weight is 340 g/mol. The van der Waals surface area contributed by atoms with E-state index in [0.29, 0.717) is 0 Å². The van der Waals surface area contributed by atoms with Gasteiger partial charge in [0.25, 0.3) is 0 Å². The fourth-order valence-corrected chi connectivity index (χ4v) is 3.54. The molecule has 0 saturated carbocycles. The van der Waals surface area contributed by atoms with Gasteiger partial charge in [0.1, 0.15) is 0 Å². The van der Waals surface area contributed by atoms with E-state index >= 15 is 0 Å². The van der Waals surface area contributed by atoms with Crippen molar-refractivity contribution in [1.29, 1.82) is 0 Å². The standard InChI is InChI=1S/C20H28N4O/c1-5-23(6-2)20(25)22-18-8-7-9-19-17(18)13-21-24(19)16-11-10-14(3)15(4)12-16/h10-13,18H,5-9H2,1-4H3,(H,22,25). The Morgan fingerprint density at radius 3 is 2.72 bits per heavy atom. The van der Waals surface area contributed by atoms with Crippen LogP contribution in [0.4, 0.5) is 4.79 Å². The average Bonchev–Trinajstić information content (AvgIpc) is 3.03. The molecule has 5 nitrogen and oxygen atoms in total. The fraction of sp³-hybridized carbons (Fsp3) is 0.500. The third-order valence-electron chi connectivity index (χ3n) is 5.27. The lowest BCUT2D eigenvalue weighted by Crippen LogP contribution is -2.42. The van der Waals surface area contributed by atoms with Crippen molar-refractivity contribution in [2.75, 3.05) is 13.1 Å². The minimum atomic E-state index is 0.0155. The summed E-state index contributed by atoms with van der Waals surface area (Å²) in [4.78, 5) is 14.3. The predicted octanol–water partition coefficient (Wildman–Crippen LogP) is 3.92. The normalized spacial score (nSPS) is 16.4. The maximum atomic E-state index is 12.4. The number of hydrogen-bond acceptors (Lipinski definition) is 2. The molecule has 1 atom stereocenters. The van der Waals surface area contributed by atoms with Gasteiger partial charge < -0.3 is 10.2 Å². The van der Waals surface area contributed by atoms with E-state index in [4.69, 9.17) is 0 Å². The molecule has 1 aliphatic carbocycles. The van der Waals surface area contributed by atoms with E-state index in [0.717, 1.165) is 43.6 Å². The highest BCUT2D eigenvalue weighted by Crippen LogP contribution is 2.31. The highest BCUT2D eigenvalue weighted by Gasteiger charge is 2.27. The molecule has 134 valence electrons. The van der Waals surface area contributed by atoms with Gasteiger partial charge in [-0.2, -0.15) is 5.10 Å². The number of fused-ring (bicyclic) bond motifs is 1. The molecule has 5 heteroatoms. The Bertz CT molecular complexity index is 761. The van der Waals surface area contributed by atoms with Gasteiger partial charge in [-0.3, -0.25) is 0 Å². The molecule has 1 aromatic carbocycles. The van der Waals surface area contributed by atoms with Gasteiger partial charge in [0.15, 0.2) is 0 Å². The Labute approximate surface area is 150 Å². The number of nitrogens with one attached hydrogen (secondary N) is 1. The van der Waals surface area contributed by atoms with E-state index in [1.165, 1.54) is 16.8 Å². The smallest absolute Gasteiger partial charge is 0.317 e. The third-order valence-corrected chi connectivity index (χ3v) is 5.27. The maximum absolute atomic E-state index is 12.4. The number of benzene rings is 1. The lowest BCUT2D eigenvalue weighted by atomic mass is 9.93. The van der Waals surface area contributed by atoms with Gasteiger partial charge in [0.05, 0.1) is 17.9 Å². The van der Waals surface area contributed by atoms with Gasteiger partial charge in [0, 0.05) is 24.3 Å². The third kappa shape index (κ3) is 3.41. The van der Waals surface area contributed by atoms with Crippen LogP contribution in [0, 0.1) is 13.8 Å². The summed E-state index contributed by atoms with van der Waals surface area (Å²) < 4.78 is 2.04. The van der Waals surface area contributed by atoms with Crippen molar-refractivity contribution in [2.24, 2.45) is 0 Å². The van der Waals surface area contributed by atoms with Crippen LogP contribution < -0.4 is 5.32 Å². The molecule has 3 rings (SSSR count). The summed E-state index contributed by atoms with van der Waals surface area (Å²) in [7, 11) is 0. The Balaban J connectivity index is 1.87. The molecule has 1 aliphatic rings. The summed E-state index contributed by atoms with van der Waals surface area (Å²) in [6, 6.07) is 6.51. The Morgan fingerprint density at radius 2 is 2.04 bits per heavy atom. The van der Waals surface area contributed by atoms with Crippen molar-refractivity contribution < 1.29 is 4.79 Å². The van der Waals surface area contributed by atoms with Crippen LogP contribution in [0.15, 0.2) is 24.4 Å². The summed E-state index contributed by atoms with van der Waals surface area (Å²) in [6.45, 7) is 9.71. The lowest BCUT2D eigenvalue weighted by molar-refractivity contribution is 0.197. The summed E-state index contributed by atoms with van der Waals surface area (Å²) in [5.74, 6) is 0. The molecule has 0 aliphatic heterocycles. The van der Waals surface area contributed by atoms with Crippen molar-refractivity contribution in [1.82, 2.24) is 20.0 Å². The van der Waals surface area contributed by atoms with Crippen LogP contribution in [-0.2, 0) is 6.42 Å². The summed E-state index contributed by atoms with van der Waals surface area (Å²) in [6.07, 6.45) is 4.96. The number of nitrogens with zero attached hydrogens (tertiary/aromatic N) is 3. The van der Waals surface area contributed by atoms with E-state index < -0.39 is 0 Å². The fourth-order valence-electron chi connectivity index (χ4n) is 3.54. The minimum Gasteiger partial charge on any atom is -0.331 e. The zero-order valence-corrected chi connectivity index (χ0v) is 15.7. The topological polar surface area (TPSA) is 50.2 Å². The van der Waals surface area contributed by atoms with Crippen LogP contribution in [0.2, 0.25) is 0 Å². The van der Waals surface area contributed by atoms with Crippen LogP contribution >= 0.6 is 0 Å². The summed E-state index contributed by atoms with van der Waals surface area (Å²) in [5, 5.41) is 7.83. The van der Waals surface area contributed by atoms with Crippen LogP contribution in [-0.4, -0.2) is 33.8 Å². The number of urea groups is 1. The molecule has 1 heterocycles. The van der Waals surface area contributed by atoms with Gasteiger partial charge >= 0.3 is 6.03 Å². The summed E-state index contributed by atoms with van der Waals surface area (Å²) in [5.41, 5.74) is 6.03. The van der Waals surface area contributed by atoms with Gasteiger partial charge in [-0.1, -0.05) is 6.07 Å². The maximum Gasteiger partial charge on any atom is 0.317 e. The minimum absolute atomic E-state index is 0.0155. The number of carbonyl (C=O) groups excluding carboxylic acids is 1. The molecule has 0 fully saturated rings. The predicted molar refractivity (Wildman–Crippen MR) is 100 cm³/mol. The van der Waals surface area contributed by atoms with Gasteiger partial charge in [0.2, 0.25) is 0 Å². The van der Waals surface area contributed by atoms with Crippen LogP contribution in [0.3, 0.4) is 0 Å². The first kappa shape index (κ1) is 17.5. The molecule has 1 N–H and O–H groups in total. The second kappa shape index (κ2) is 7.30. The Kier molecular flexibility index (Phi) is 5.11. The van der Waals surface area contributed by atoms with Gasteiger partial charge in [-0.15, -0.1) is 0 Å². The van der Waals surface area contributed by atoms with Crippen molar-refractivity contribution in [3.8, 4) is 5.69 Å². The van der Waals surface area contributed by atoms with Crippen LogP contribution in [0.1, 0.15) is 55.1 Å². The molecule has 2 aromatic rings.